The Balaban J connectivity index is 2.38. The Bertz CT molecular complexity index is 578. The van der Waals surface area contributed by atoms with E-state index in [1.54, 1.807) is 19.2 Å². The topological polar surface area (TPSA) is 40.5 Å². The van der Waals surface area contributed by atoms with Gasteiger partial charge in [-0.25, -0.2) is 9.36 Å². The van der Waals surface area contributed by atoms with Crippen molar-refractivity contribution in [3.8, 4) is 5.75 Å². The average molecular weight is 246 g/mol. The Morgan fingerprint density at radius 2 is 2.06 bits per heavy atom. The summed E-state index contributed by atoms with van der Waals surface area (Å²) in [7, 11) is 1.61. The number of ether oxygens (including phenoxy) is 2. The highest BCUT2D eigenvalue weighted by molar-refractivity contribution is 5.90. The molecule has 1 aromatic heterocycles. The Kier molecular flexibility index (Phi) is 3.03. The largest absolute Gasteiger partial charge is 0.497 e. The van der Waals surface area contributed by atoms with Gasteiger partial charge < -0.3 is 9.47 Å². The van der Waals surface area contributed by atoms with Crippen LogP contribution in [-0.4, -0.2) is 23.4 Å². The van der Waals surface area contributed by atoms with E-state index < -0.39 is 11.7 Å². The first-order valence-corrected chi connectivity index (χ1v) is 5.71. The van der Waals surface area contributed by atoms with Crippen molar-refractivity contribution < 1.29 is 14.3 Å². The molecular formula is C14H16NO3. The Labute approximate surface area is 106 Å². The normalized spacial score (nSPS) is 11.6. The maximum absolute atomic E-state index is 12.0. The van der Waals surface area contributed by atoms with Crippen molar-refractivity contribution >= 4 is 17.0 Å². The van der Waals surface area contributed by atoms with Crippen molar-refractivity contribution in [2.75, 3.05) is 7.11 Å². The van der Waals surface area contributed by atoms with Gasteiger partial charge in [-0.05, 0) is 45.0 Å². The summed E-state index contributed by atoms with van der Waals surface area (Å²) in [5.74, 6) is 0.748. The molecule has 1 radical (unpaired) electrons. The van der Waals surface area contributed by atoms with Crippen LogP contribution in [0.5, 0.6) is 5.75 Å². The quantitative estimate of drug-likeness (QED) is 0.775. The summed E-state index contributed by atoms with van der Waals surface area (Å²) in [4.78, 5) is 12.0. The van der Waals surface area contributed by atoms with Crippen LogP contribution < -0.4 is 4.74 Å². The lowest BCUT2D eigenvalue weighted by atomic mass is 10.2. The molecule has 0 aliphatic rings. The van der Waals surface area contributed by atoms with Gasteiger partial charge in [0.1, 0.15) is 11.4 Å². The minimum atomic E-state index is -0.520. The van der Waals surface area contributed by atoms with E-state index in [1.807, 2.05) is 32.9 Å². The molecule has 0 amide bonds. The molecule has 4 heteroatoms. The number of benzene rings is 1. The van der Waals surface area contributed by atoms with Crippen molar-refractivity contribution in [1.82, 2.24) is 4.57 Å². The first kappa shape index (κ1) is 12.5. The Hall–Kier alpha value is -1.97. The molecule has 0 saturated heterocycles. The number of methoxy groups -OCH3 is 1. The van der Waals surface area contributed by atoms with Gasteiger partial charge in [-0.15, -0.1) is 0 Å². The van der Waals surface area contributed by atoms with E-state index in [9.17, 15) is 4.79 Å². The zero-order valence-electron chi connectivity index (χ0n) is 11.0. The van der Waals surface area contributed by atoms with Crippen LogP contribution in [0.2, 0.25) is 0 Å². The molecular weight excluding hydrogens is 230 g/mol. The van der Waals surface area contributed by atoms with E-state index >= 15 is 0 Å². The number of carbonyl (C=O) groups is 1. The SMILES string of the molecule is COc1ccc2c(c[c]n2C(=O)OC(C)(C)C)c1. The molecule has 1 aromatic carbocycles. The number of fused-ring (bicyclic) bond motifs is 1. The van der Waals surface area contributed by atoms with Gasteiger partial charge in [0.25, 0.3) is 0 Å². The number of nitrogens with zero attached hydrogens (tertiary/aromatic N) is 1. The minimum absolute atomic E-state index is 0.428. The smallest absolute Gasteiger partial charge is 0.419 e. The fraction of sp³-hybridized carbons (Fsp3) is 0.357. The maximum Gasteiger partial charge on any atom is 0.419 e. The lowest BCUT2D eigenvalue weighted by Gasteiger charge is -2.19. The molecule has 0 unspecified atom stereocenters. The molecule has 0 bridgehead atoms. The van der Waals surface area contributed by atoms with Gasteiger partial charge in [0, 0.05) is 5.39 Å². The number of aromatic nitrogens is 1. The predicted molar refractivity (Wildman–Crippen MR) is 69.0 cm³/mol. The van der Waals surface area contributed by atoms with Crippen LogP contribution in [0.25, 0.3) is 10.9 Å². The lowest BCUT2D eigenvalue weighted by molar-refractivity contribution is 0.0543. The van der Waals surface area contributed by atoms with E-state index in [-0.39, 0.29) is 0 Å². The summed E-state index contributed by atoms with van der Waals surface area (Å²) in [5, 5.41) is 0.889. The highest BCUT2D eigenvalue weighted by atomic mass is 16.6. The Morgan fingerprint density at radius 3 is 2.67 bits per heavy atom. The molecule has 0 spiro atoms. The highest BCUT2D eigenvalue weighted by Gasteiger charge is 2.19. The van der Waals surface area contributed by atoms with Crippen molar-refractivity contribution in [2.24, 2.45) is 0 Å². The predicted octanol–water partition coefficient (Wildman–Crippen LogP) is 3.23. The zero-order valence-corrected chi connectivity index (χ0v) is 11.0. The summed E-state index contributed by atoms with van der Waals surface area (Å²) in [6.07, 6.45) is 2.45. The first-order chi connectivity index (χ1) is 8.40. The van der Waals surface area contributed by atoms with Crippen LogP contribution >= 0.6 is 0 Å². The Morgan fingerprint density at radius 1 is 1.33 bits per heavy atom. The number of carbonyl (C=O) groups excluding carboxylic acids is 1. The molecule has 2 rings (SSSR count). The molecule has 0 N–H and O–H groups in total. The molecule has 0 fully saturated rings. The second kappa shape index (κ2) is 4.37. The van der Waals surface area contributed by atoms with Crippen LogP contribution in [0, 0.1) is 6.20 Å². The lowest BCUT2D eigenvalue weighted by Crippen LogP contribution is -2.26. The summed E-state index contributed by atoms with van der Waals surface area (Å²) >= 11 is 0. The van der Waals surface area contributed by atoms with Gasteiger partial charge >= 0.3 is 6.09 Å². The molecule has 1 heterocycles. The van der Waals surface area contributed by atoms with E-state index in [4.69, 9.17) is 9.47 Å². The minimum Gasteiger partial charge on any atom is -0.497 e. The summed E-state index contributed by atoms with van der Waals surface area (Å²) in [5.41, 5.74) is 0.235. The fourth-order valence-corrected chi connectivity index (χ4v) is 1.64. The van der Waals surface area contributed by atoms with E-state index in [1.165, 1.54) is 4.57 Å². The van der Waals surface area contributed by atoms with Gasteiger partial charge in [0.2, 0.25) is 0 Å². The second-order valence-corrected chi connectivity index (χ2v) is 5.01. The molecule has 18 heavy (non-hydrogen) atoms. The molecule has 0 aliphatic carbocycles. The van der Waals surface area contributed by atoms with E-state index in [0.717, 1.165) is 16.7 Å². The molecule has 0 saturated carbocycles. The van der Waals surface area contributed by atoms with Crippen molar-refractivity contribution in [1.29, 1.82) is 0 Å². The average Bonchev–Trinajstić information content (AvgIpc) is 2.69. The van der Waals surface area contributed by atoms with Crippen molar-refractivity contribution in [3.05, 3.63) is 30.5 Å². The van der Waals surface area contributed by atoms with E-state index in [2.05, 4.69) is 6.20 Å². The molecule has 2 aromatic rings. The van der Waals surface area contributed by atoms with Gasteiger partial charge in [-0.1, -0.05) is 0 Å². The van der Waals surface area contributed by atoms with Gasteiger partial charge in [-0.3, -0.25) is 0 Å². The summed E-state index contributed by atoms with van der Waals surface area (Å²) in [6, 6.07) is 7.21. The van der Waals surface area contributed by atoms with Gasteiger partial charge in [0.05, 0.1) is 18.8 Å². The number of hydrogen-bond donors (Lipinski definition) is 0. The third-order valence-corrected chi connectivity index (χ3v) is 2.40. The molecule has 4 nitrogen and oxygen atoms in total. The van der Waals surface area contributed by atoms with Crippen LogP contribution in [0.4, 0.5) is 4.79 Å². The monoisotopic (exact) mass is 246 g/mol. The highest BCUT2D eigenvalue weighted by Crippen LogP contribution is 2.22. The third-order valence-electron chi connectivity index (χ3n) is 2.40. The fourth-order valence-electron chi connectivity index (χ4n) is 1.64. The molecule has 0 aliphatic heterocycles. The van der Waals surface area contributed by atoms with Crippen LogP contribution in [0.1, 0.15) is 20.8 Å². The summed E-state index contributed by atoms with van der Waals surface area (Å²) < 4.78 is 11.8. The number of rotatable bonds is 1. The number of hydrogen-bond acceptors (Lipinski definition) is 3. The molecule has 0 atom stereocenters. The van der Waals surface area contributed by atoms with Crippen LogP contribution in [-0.2, 0) is 4.74 Å². The van der Waals surface area contributed by atoms with Crippen LogP contribution in [0.3, 0.4) is 0 Å². The standard InChI is InChI=1S/C14H16NO3/c1-14(2,3)18-13(16)15-8-7-10-9-11(17-4)5-6-12(10)15/h5-7,9H,1-4H3. The van der Waals surface area contributed by atoms with E-state index in [0.29, 0.717) is 0 Å². The third kappa shape index (κ3) is 2.47. The summed E-state index contributed by atoms with van der Waals surface area (Å²) in [6.45, 7) is 5.50. The molecule has 95 valence electrons. The van der Waals surface area contributed by atoms with Crippen molar-refractivity contribution in [2.45, 2.75) is 26.4 Å². The maximum atomic E-state index is 12.0. The van der Waals surface area contributed by atoms with Crippen molar-refractivity contribution in [3.63, 3.8) is 0 Å². The zero-order chi connectivity index (χ0) is 13.3. The van der Waals surface area contributed by atoms with Gasteiger partial charge in [0.15, 0.2) is 0 Å². The van der Waals surface area contributed by atoms with Gasteiger partial charge in [-0.2, -0.15) is 0 Å². The van der Waals surface area contributed by atoms with Crippen LogP contribution in [0.15, 0.2) is 24.3 Å². The first-order valence-electron chi connectivity index (χ1n) is 5.71. The second-order valence-electron chi connectivity index (χ2n) is 5.01.